The SMILES string of the molecule is NN(C(=O)c1[nH]c2ccccc2c1C(c1ccccc1)c1c(C(=O)NNC(=O)CN2CCN(CC(=O)O)CCN(CC(=O)O)CCN(CC(=O)O)CC2)[nH]c2ccccc12)C(C=O)N1CCN(CC(=O)O)CCN(CC(=O)O)CCN(CC(=O)O)CC1. The van der Waals surface area contributed by atoms with Crippen LogP contribution in [0.3, 0.4) is 0 Å². The van der Waals surface area contributed by atoms with E-state index in [1.807, 2.05) is 12.1 Å². The van der Waals surface area contributed by atoms with Gasteiger partial charge < -0.3 is 40.6 Å². The van der Waals surface area contributed by atoms with Crippen LogP contribution in [-0.2, 0) is 38.4 Å². The molecule has 12 N–H and O–H groups in total. The number of carboxylic acid groups (broad SMARTS) is 6. The highest BCUT2D eigenvalue weighted by Crippen LogP contribution is 2.43. The highest BCUT2D eigenvalue weighted by atomic mass is 16.4. The number of hydrogen-bond acceptors (Lipinski definition) is 19. The number of amides is 3. The molecule has 2 aliphatic rings. The van der Waals surface area contributed by atoms with Crippen molar-refractivity contribution in [3.05, 3.63) is 107 Å². The summed E-state index contributed by atoms with van der Waals surface area (Å²) in [4.78, 5) is 148. The van der Waals surface area contributed by atoms with Crippen LogP contribution >= 0.6 is 0 Å². The first-order chi connectivity index (χ1) is 41.7. The number of H-pyrrole nitrogens is 2. The predicted octanol–water partition coefficient (Wildman–Crippen LogP) is -1.62. The van der Waals surface area contributed by atoms with Gasteiger partial charge >= 0.3 is 35.8 Å². The maximum atomic E-state index is 15.5. The molecule has 2 aromatic heterocycles. The van der Waals surface area contributed by atoms with Crippen molar-refractivity contribution in [1.82, 2.24) is 65.0 Å². The number of benzene rings is 3. The van der Waals surface area contributed by atoms with Crippen molar-refractivity contribution >= 4 is 81.6 Å². The standard InChI is InChI=1S/C57H74N14O16/c58-71(44(37-72)70-28-26-68(35-49(82)83)24-22-67(34-48(80)81)23-25-69(27-29-70)36-50(84)85)57(87)55-53(40-11-5-7-13-42(40)60-55)51(38-8-2-1-3-9-38)52-39-10-4-6-12-41(39)59-54(52)56(86)62-61-43(73)30-63-14-16-64(31-45(74)75)18-20-66(33-47(78)79)21-19-65(17-15-63)32-46(76)77/h1-13,37,44,51,59-60H,14-36,58H2,(H,61,73)(H,62,86)(H,74,75)(H,76,77)(H,78,79)(H,80,81)(H,82,83)(H,84,85). The van der Waals surface area contributed by atoms with Crippen LogP contribution in [0.25, 0.3) is 21.8 Å². The molecule has 2 unspecified atom stereocenters. The highest BCUT2D eigenvalue weighted by molar-refractivity contribution is 6.06. The molecular formula is C57H74N14O16. The van der Waals surface area contributed by atoms with E-state index in [-0.39, 0.29) is 149 Å². The third-order valence-corrected chi connectivity index (χ3v) is 15.3. The summed E-state index contributed by atoms with van der Waals surface area (Å²) in [5.41, 5.74) is 7.21. The Morgan fingerprint density at radius 1 is 0.448 bits per heavy atom. The Kier molecular flexibility index (Phi) is 23.9. The fourth-order valence-electron chi connectivity index (χ4n) is 11.1. The summed E-state index contributed by atoms with van der Waals surface area (Å²) in [5, 5.41) is 60.1. The van der Waals surface area contributed by atoms with Gasteiger partial charge in [0.25, 0.3) is 17.7 Å². The number of carbonyl (C=O) groups excluding carboxylic acids is 4. The molecule has 7 rings (SSSR count). The average molecular weight is 1210 g/mol. The number of nitrogens with one attached hydrogen (secondary N) is 4. The molecule has 3 aromatic carbocycles. The monoisotopic (exact) mass is 1210 g/mol. The van der Waals surface area contributed by atoms with Gasteiger partial charge in [0.2, 0.25) is 0 Å². The van der Waals surface area contributed by atoms with E-state index in [1.165, 1.54) is 0 Å². The topological polar surface area (TPSA) is 403 Å². The van der Waals surface area contributed by atoms with E-state index in [1.54, 1.807) is 106 Å². The third kappa shape index (κ3) is 18.9. The molecular weight excluding hydrogens is 1140 g/mol. The second kappa shape index (κ2) is 31.6. The van der Waals surface area contributed by atoms with E-state index >= 15 is 4.79 Å². The van der Waals surface area contributed by atoms with Gasteiger partial charge in [0, 0.05) is 144 Å². The van der Waals surface area contributed by atoms with Crippen LogP contribution < -0.4 is 16.7 Å². The number of hydrazine groups is 2. The molecule has 0 radical (unpaired) electrons. The Balaban J connectivity index is 1.21. The highest BCUT2D eigenvalue weighted by Gasteiger charge is 2.37. The number of aromatic amines is 2. The number of nitrogens with two attached hydrogens (primary N) is 1. The molecule has 2 atom stereocenters. The fourth-order valence-corrected chi connectivity index (χ4v) is 11.1. The van der Waals surface area contributed by atoms with Gasteiger partial charge in [-0.15, -0.1) is 0 Å². The molecule has 2 fully saturated rings. The van der Waals surface area contributed by atoms with Crippen LogP contribution in [-0.4, -0.2) is 301 Å². The second-order valence-corrected chi connectivity index (χ2v) is 21.4. The third-order valence-electron chi connectivity index (χ3n) is 15.3. The second-order valence-electron chi connectivity index (χ2n) is 21.4. The number of hydrogen-bond donors (Lipinski definition) is 11. The van der Waals surface area contributed by atoms with Crippen LogP contribution in [0.15, 0.2) is 78.9 Å². The molecule has 30 nitrogen and oxygen atoms in total. The molecule has 3 amide bonds. The molecule has 0 spiro atoms. The molecule has 4 heterocycles. The van der Waals surface area contributed by atoms with Crippen molar-refractivity contribution in [2.75, 3.05) is 151 Å². The zero-order chi connectivity index (χ0) is 62.7. The summed E-state index contributed by atoms with van der Waals surface area (Å²) in [6.45, 7) is -1.14. The van der Waals surface area contributed by atoms with Gasteiger partial charge in [0.15, 0.2) is 12.5 Å². The number of aromatic nitrogens is 2. The normalized spacial score (nSPS) is 17.6. The van der Waals surface area contributed by atoms with Crippen molar-refractivity contribution in [1.29, 1.82) is 0 Å². The first-order valence-corrected chi connectivity index (χ1v) is 28.2. The number of para-hydroxylation sites is 2. The summed E-state index contributed by atoms with van der Waals surface area (Å²) in [6, 6.07) is 23.0. The molecule has 0 saturated carbocycles. The molecule has 5 aromatic rings. The summed E-state index contributed by atoms with van der Waals surface area (Å²) >= 11 is 0. The Labute approximate surface area is 499 Å². The van der Waals surface area contributed by atoms with Gasteiger partial charge in [-0.3, -0.25) is 103 Å². The lowest BCUT2D eigenvalue weighted by molar-refractivity contribution is -0.140. The largest absolute Gasteiger partial charge is 0.480 e. The Bertz CT molecular complexity index is 3190. The molecule has 2 saturated heterocycles. The van der Waals surface area contributed by atoms with Crippen LogP contribution in [0.5, 0.6) is 0 Å². The summed E-state index contributed by atoms with van der Waals surface area (Å²) in [7, 11) is 0. The first-order valence-electron chi connectivity index (χ1n) is 28.2. The van der Waals surface area contributed by atoms with Crippen molar-refractivity contribution in [3.63, 3.8) is 0 Å². The number of aliphatic carboxylic acids is 6. The van der Waals surface area contributed by atoms with Crippen molar-refractivity contribution < 1.29 is 78.6 Å². The van der Waals surface area contributed by atoms with E-state index in [2.05, 4.69) is 20.8 Å². The van der Waals surface area contributed by atoms with Crippen LogP contribution in [0, 0.1) is 0 Å². The lowest BCUT2D eigenvalue weighted by Crippen LogP contribution is -2.58. The molecule has 0 bridgehead atoms. The minimum Gasteiger partial charge on any atom is -0.480 e. The lowest BCUT2D eigenvalue weighted by atomic mass is 9.81. The van der Waals surface area contributed by atoms with Gasteiger partial charge in [-0.25, -0.2) is 5.84 Å². The summed E-state index contributed by atoms with van der Waals surface area (Å²) < 4.78 is 0. The van der Waals surface area contributed by atoms with E-state index in [0.717, 1.165) is 5.01 Å². The average Bonchev–Trinajstić information content (AvgIpc) is 1.65. The van der Waals surface area contributed by atoms with E-state index in [4.69, 9.17) is 5.84 Å². The molecule has 0 aliphatic carbocycles. The van der Waals surface area contributed by atoms with E-state index in [0.29, 0.717) is 44.8 Å². The maximum Gasteiger partial charge on any atom is 0.317 e. The zero-order valence-electron chi connectivity index (χ0n) is 47.9. The van der Waals surface area contributed by atoms with Crippen molar-refractivity contribution in [2.24, 2.45) is 5.84 Å². The fraction of sp³-hybridized carbons (Fsp3) is 0.439. The van der Waals surface area contributed by atoms with Gasteiger partial charge in [-0.1, -0.05) is 66.7 Å². The quantitative estimate of drug-likeness (QED) is 0.0161. The van der Waals surface area contributed by atoms with Crippen LogP contribution in [0.4, 0.5) is 0 Å². The van der Waals surface area contributed by atoms with Gasteiger partial charge in [-0.2, -0.15) is 0 Å². The summed E-state index contributed by atoms with van der Waals surface area (Å²) in [5.74, 6) is -3.30. The molecule has 468 valence electrons. The minimum atomic E-state index is -1.53. The first kappa shape index (κ1) is 65.8. The minimum absolute atomic E-state index is 0.00882. The van der Waals surface area contributed by atoms with Crippen molar-refractivity contribution in [3.8, 4) is 0 Å². The van der Waals surface area contributed by atoms with E-state index in [9.17, 15) is 73.8 Å². The number of nitrogens with zero attached hydrogens (tertiary/aromatic N) is 9. The molecule has 2 aliphatic heterocycles. The smallest absolute Gasteiger partial charge is 0.317 e. The number of rotatable bonds is 22. The van der Waals surface area contributed by atoms with Gasteiger partial charge in [-0.05, 0) is 17.7 Å². The maximum absolute atomic E-state index is 15.5. The van der Waals surface area contributed by atoms with Crippen LogP contribution in [0.1, 0.15) is 43.6 Å². The van der Waals surface area contributed by atoms with Gasteiger partial charge in [0.1, 0.15) is 11.4 Å². The Morgan fingerprint density at radius 3 is 1.14 bits per heavy atom. The lowest BCUT2D eigenvalue weighted by Gasteiger charge is -2.37. The Hall–Kier alpha value is -8.72. The van der Waals surface area contributed by atoms with Crippen molar-refractivity contribution in [2.45, 2.75) is 12.1 Å². The molecule has 30 heteroatoms. The predicted molar refractivity (Wildman–Crippen MR) is 312 cm³/mol. The van der Waals surface area contributed by atoms with E-state index < -0.39 is 78.7 Å². The number of carbonyl (C=O) groups is 10. The number of carboxylic acids is 6. The number of aldehydes is 1. The van der Waals surface area contributed by atoms with Gasteiger partial charge in [0.05, 0.1) is 45.8 Å². The summed E-state index contributed by atoms with van der Waals surface area (Å²) in [6.07, 6.45) is -1.07. The van der Waals surface area contributed by atoms with Crippen LogP contribution in [0.2, 0.25) is 0 Å². The molecule has 87 heavy (non-hydrogen) atoms. The zero-order valence-corrected chi connectivity index (χ0v) is 47.9. The Morgan fingerprint density at radius 2 is 0.770 bits per heavy atom. The number of fused-ring (bicyclic) bond motifs is 2.